The van der Waals surface area contributed by atoms with Crippen molar-refractivity contribution >= 4 is 43.4 Å². The van der Waals surface area contributed by atoms with Crippen molar-refractivity contribution in [3.8, 4) is 33.6 Å². The first-order valence-electron chi connectivity index (χ1n) is 18.2. The second-order valence-corrected chi connectivity index (χ2v) is 16.7. The predicted octanol–water partition coefficient (Wildman–Crippen LogP) is 11.6. The fourth-order valence-corrected chi connectivity index (χ4v) is 10.5. The SMILES string of the molecule is Cc1ccc2c(c1)C1(c3ccc4c(oc5c4ccc4c(C)c(C)sc45)c3-c3cc(C(C)C)c(-c4c(C)cccc4C)c[n+]31)[n+]1cc(C)c(C)cc1-2. The molecule has 0 fully saturated rings. The number of aromatic nitrogens is 2. The molecule has 0 aliphatic carbocycles. The highest BCUT2D eigenvalue weighted by Gasteiger charge is 2.67. The van der Waals surface area contributed by atoms with Gasteiger partial charge in [-0.15, -0.1) is 20.5 Å². The number of benzene rings is 4. The molecule has 0 saturated carbocycles. The van der Waals surface area contributed by atoms with Crippen molar-refractivity contribution in [2.45, 2.75) is 73.9 Å². The molecule has 0 amide bonds. The molecular weight excluding hydrogens is 641 g/mol. The van der Waals surface area contributed by atoms with E-state index in [1.807, 2.05) is 11.3 Å². The van der Waals surface area contributed by atoms with Gasteiger partial charge in [-0.3, -0.25) is 0 Å². The second-order valence-electron chi connectivity index (χ2n) is 15.5. The van der Waals surface area contributed by atoms with Gasteiger partial charge in [-0.05, 0) is 123 Å². The Morgan fingerprint density at radius 1 is 0.608 bits per heavy atom. The number of pyridine rings is 2. The zero-order valence-corrected chi connectivity index (χ0v) is 31.7. The molecule has 0 saturated heterocycles. The first kappa shape index (κ1) is 30.7. The summed E-state index contributed by atoms with van der Waals surface area (Å²) in [4.78, 5) is 1.35. The van der Waals surface area contributed by atoms with Gasteiger partial charge in [0.05, 0.1) is 15.8 Å². The Kier molecular flexibility index (Phi) is 6.19. The number of aryl methyl sites for hydroxylation is 7. The third-order valence-corrected chi connectivity index (χ3v) is 13.4. The molecule has 2 aliphatic heterocycles. The molecule has 250 valence electrons. The lowest BCUT2D eigenvalue weighted by molar-refractivity contribution is -0.955. The molecule has 51 heavy (non-hydrogen) atoms. The van der Waals surface area contributed by atoms with Gasteiger partial charge in [0.2, 0.25) is 11.4 Å². The van der Waals surface area contributed by atoms with Crippen LogP contribution >= 0.6 is 11.3 Å². The van der Waals surface area contributed by atoms with Gasteiger partial charge in [0, 0.05) is 33.3 Å². The molecule has 4 aromatic heterocycles. The Morgan fingerprint density at radius 3 is 2.08 bits per heavy atom. The van der Waals surface area contributed by atoms with Gasteiger partial charge in [0.1, 0.15) is 22.3 Å². The summed E-state index contributed by atoms with van der Waals surface area (Å²) in [5, 5.41) is 3.66. The molecule has 1 atom stereocenters. The van der Waals surface area contributed by atoms with E-state index in [4.69, 9.17) is 4.42 Å². The van der Waals surface area contributed by atoms with Crippen molar-refractivity contribution < 1.29 is 13.6 Å². The quantitative estimate of drug-likeness (QED) is 0.166. The highest BCUT2D eigenvalue weighted by Crippen LogP contribution is 2.53. The summed E-state index contributed by atoms with van der Waals surface area (Å²) in [6.07, 6.45) is 4.88. The van der Waals surface area contributed by atoms with E-state index in [0.29, 0.717) is 5.92 Å². The van der Waals surface area contributed by atoms with E-state index in [2.05, 4.69) is 157 Å². The van der Waals surface area contributed by atoms with Crippen molar-refractivity contribution in [1.29, 1.82) is 0 Å². The van der Waals surface area contributed by atoms with Crippen LogP contribution in [0.5, 0.6) is 0 Å². The van der Waals surface area contributed by atoms with Crippen LogP contribution in [0.15, 0.2) is 89.6 Å². The van der Waals surface area contributed by atoms with E-state index in [1.54, 1.807) is 0 Å². The zero-order valence-electron chi connectivity index (χ0n) is 30.9. The lowest BCUT2D eigenvalue weighted by Crippen LogP contribution is -2.71. The summed E-state index contributed by atoms with van der Waals surface area (Å²) < 4.78 is 13.6. The first-order valence-corrected chi connectivity index (χ1v) is 19.0. The first-order chi connectivity index (χ1) is 24.5. The van der Waals surface area contributed by atoms with Gasteiger partial charge in [0.15, 0.2) is 18.0 Å². The minimum absolute atomic E-state index is 0.319. The van der Waals surface area contributed by atoms with Crippen molar-refractivity contribution in [2.75, 3.05) is 0 Å². The third kappa shape index (κ3) is 3.79. The van der Waals surface area contributed by atoms with Crippen molar-refractivity contribution in [1.82, 2.24) is 0 Å². The van der Waals surface area contributed by atoms with Gasteiger partial charge in [-0.25, -0.2) is 0 Å². The van der Waals surface area contributed by atoms with E-state index < -0.39 is 5.66 Å². The standard InChI is InChI=1S/C47H42N2OS/c1-24(2)36-21-41-43-38(18-17-33-34-16-15-32-30(8)31(9)51-46(32)45(34)50-44(33)43)47(49(41)23-37(36)42-26(4)11-10-12-27(42)5)39-19-25(3)13-14-35(39)40-20-28(6)29(7)22-48(40)47/h10-24H,1-9H3/q+2. The van der Waals surface area contributed by atoms with E-state index >= 15 is 0 Å². The maximum absolute atomic E-state index is 7.22. The van der Waals surface area contributed by atoms with Crippen LogP contribution in [-0.2, 0) is 5.66 Å². The molecule has 4 aromatic carbocycles. The number of hydrogen-bond donors (Lipinski definition) is 0. The molecule has 4 heteroatoms. The van der Waals surface area contributed by atoms with E-state index in [9.17, 15) is 0 Å². The molecule has 1 unspecified atom stereocenters. The zero-order chi connectivity index (χ0) is 35.2. The molecule has 3 nitrogen and oxygen atoms in total. The Balaban J connectivity index is 1.43. The fraction of sp³-hybridized carbons (Fsp3) is 0.234. The molecule has 0 N–H and O–H groups in total. The van der Waals surface area contributed by atoms with Crippen molar-refractivity contribution in [3.63, 3.8) is 0 Å². The van der Waals surface area contributed by atoms with Crippen LogP contribution in [0, 0.1) is 48.5 Å². The average Bonchev–Trinajstić information content (AvgIpc) is 3.79. The van der Waals surface area contributed by atoms with Gasteiger partial charge >= 0.3 is 5.66 Å². The molecular formula is C47H42N2OS+2. The molecule has 8 aromatic rings. The minimum Gasteiger partial charge on any atom is -0.454 e. The Bertz CT molecular complexity index is 2850. The van der Waals surface area contributed by atoms with Crippen molar-refractivity contribution in [3.05, 3.63) is 140 Å². The molecule has 6 heterocycles. The Hall–Kier alpha value is -5.06. The lowest BCUT2D eigenvalue weighted by atomic mass is 9.88. The summed E-state index contributed by atoms with van der Waals surface area (Å²) in [5.41, 5.74) is 20.6. The Labute approximate surface area is 303 Å². The van der Waals surface area contributed by atoms with Crippen LogP contribution in [0.2, 0.25) is 0 Å². The van der Waals surface area contributed by atoms with Crippen LogP contribution in [0.3, 0.4) is 0 Å². The van der Waals surface area contributed by atoms with Gasteiger partial charge in [0.25, 0.3) is 0 Å². The van der Waals surface area contributed by atoms with E-state index in [-0.39, 0.29) is 0 Å². The van der Waals surface area contributed by atoms with E-state index in [0.717, 1.165) is 11.2 Å². The fourth-order valence-electron chi connectivity index (χ4n) is 9.37. The number of nitrogens with zero attached hydrogens (tertiary/aromatic N) is 2. The summed E-state index contributed by atoms with van der Waals surface area (Å²) >= 11 is 1.85. The average molecular weight is 683 g/mol. The largest absolute Gasteiger partial charge is 0.454 e. The smallest absolute Gasteiger partial charge is 0.417 e. The van der Waals surface area contributed by atoms with Gasteiger partial charge < -0.3 is 4.42 Å². The monoisotopic (exact) mass is 682 g/mol. The van der Waals surface area contributed by atoms with Crippen LogP contribution in [0.25, 0.3) is 65.7 Å². The highest BCUT2D eigenvalue weighted by atomic mass is 32.1. The van der Waals surface area contributed by atoms with Crippen molar-refractivity contribution in [2.24, 2.45) is 0 Å². The lowest BCUT2D eigenvalue weighted by Gasteiger charge is -2.21. The van der Waals surface area contributed by atoms with Crippen LogP contribution in [0.1, 0.15) is 74.7 Å². The number of hydrogen-bond acceptors (Lipinski definition) is 2. The maximum atomic E-state index is 7.22. The molecule has 0 bridgehead atoms. The minimum atomic E-state index is -0.640. The second kappa shape index (κ2) is 10.3. The maximum Gasteiger partial charge on any atom is 0.417 e. The van der Waals surface area contributed by atoms with E-state index in [1.165, 1.54) is 109 Å². The van der Waals surface area contributed by atoms with Crippen LogP contribution in [0.4, 0.5) is 0 Å². The highest BCUT2D eigenvalue weighted by molar-refractivity contribution is 7.20. The van der Waals surface area contributed by atoms with Crippen LogP contribution in [-0.4, -0.2) is 0 Å². The Morgan fingerprint density at radius 2 is 1.31 bits per heavy atom. The molecule has 2 aliphatic rings. The normalized spacial score (nSPS) is 15.8. The molecule has 0 radical (unpaired) electrons. The van der Waals surface area contributed by atoms with Crippen LogP contribution < -0.4 is 9.13 Å². The van der Waals surface area contributed by atoms with Gasteiger partial charge in [-0.2, -0.15) is 0 Å². The summed E-state index contributed by atoms with van der Waals surface area (Å²) in [6.45, 7) is 20.3. The number of furan rings is 1. The summed E-state index contributed by atoms with van der Waals surface area (Å²) in [5.74, 6) is 0.319. The molecule has 1 spiro atoms. The predicted molar refractivity (Wildman–Crippen MR) is 211 cm³/mol. The van der Waals surface area contributed by atoms with Gasteiger partial charge in [-0.1, -0.05) is 49.7 Å². The topological polar surface area (TPSA) is 20.9 Å². The summed E-state index contributed by atoms with van der Waals surface area (Å²) in [6, 6.07) is 27.9. The number of rotatable bonds is 2. The third-order valence-electron chi connectivity index (χ3n) is 12.2. The number of thiophene rings is 1. The summed E-state index contributed by atoms with van der Waals surface area (Å²) in [7, 11) is 0. The molecule has 10 rings (SSSR count). The number of fused-ring (bicyclic) bond motifs is 16.